The van der Waals surface area contributed by atoms with Crippen molar-refractivity contribution in [1.82, 2.24) is 9.80 Å². The summed E-state index contributed by atoms with van der Waals surface area (Å²) in [5.74, 6) is -1.31. The number of piperazine rings is 1. The summed E-state index contributed by atoms with van der Waals surface area (Å²) in [6, 6.07) is 8.93. The van der Waals surface area contributed by atoms with E-state index in [2.05, 4.69) is 25.7 Å². The number of rotatable bonds is 4. The minimum absolute atomic E-state index is 0.213. The molecular formula is C18H18BrF3N2. The predicted molar refractivity (Wildman–Crippen MR) is 91.0 cm³/mol. The Balaban J connectivity index is 1.55. The van der Waals surface area contributed by atoms with E-state index in [9.17, 15) is 13.2 Å². The third-order valence-corrected chi connectivity index (χ3v) is 4.83. The molecule has 128 valence electrons. The van der Waals surface area contributed by atoms with Gasteiger partial charge in [-0.2, -0.15) is 0 Å². The third-order valence-electron chi connectivity index (χ3n) is 4.22. The lowest BCUT2D eigenvalue weighted by Gasteiger charge is -2.34. The van der Waals surface area contributed by atoms with Gasteiger partial charge in [0, 0.05) is 50.9 Å². The Hall–Kier alpha value is -1.37. The molecule has 2 aromatic carbocycles. The topological polar surface area (TPSA) is 6.48 Å². The molecule has 2 aromatic rings. The Kier molecular flexibility index (Phi) is 5.58. The molecule has 0 unspecified atom stereocenters. The molecule has 0 amide bonds. The Labute approximate surface area is 148 Å². The van der Waals surface area contributed by atoms with Gasteiger partial charge < -0.3 is 0 Å². The number of hydrogen-bond donors (Lipinski definition) is 0. The Bertz CT molecular complexity index is 695. The SMILES string of the molecule is Fc1cc(F)cc(CN2CCN(Cc3cccc(Br)c3F)CC2)c1. The molecule has 1 heterocycles. The number of benzene rings is 2. The van der Waals surface area contributed by atoms with Gasteiger partial charge in [0.05, 0.1) is 4.47 Å². The van der Waals surface area contributed by atoms with Gasteiger partial charge in [-0.1, -0.05) is 12.1 Å². The first-order valence-corrected chi connectivity index (χ1v) is 8.63. The van der Waals surface area contributed by atoms with E-state index in [0.29, 0.717) is 28.7 Å². The lowest BCUT2D eigenvalue weighted by Crippen LogP contribution is -2.45. The molecule has 0 atom stereocenters. The average molecular weight is 399 g/mol. The van der Waals surface area contributed by atoms with Gasteiger partial charge in [-0.05, 0) is 39.7 Å². The molecule has 3 rings (SSSR count). The first-order chi connectivity index (χ1) is 11.5. The first kappa shape index (κ1) is 17.5. The van der Waals surface area contributed by atoms with Crippen LogP contribution in [-0.4, -0.2) is 36.0 Å². The van der Waals surface area contributed by atoms with Gasteiger partial charge >= 0.3 is 0 Å². The molecule has 1 aliphatic heterocycles. The molecule has 1 aliphatic rings. The highest BCUT2D eigenvalue weighted by Crippen LogP contribution is 2.20. The molecule has 2 nitrogen and oxygen atoms in total. The monoisotopic (exact) mass is 398 g/mol. The summed E-state index contributed by atoms with van der Waals surface area (Å²) in [5, 5.41) is 0. The van der Waals surface area contributed by atoms with E-state index in [-0.39, 0.29) is 5.82 Å². The molecular weight excluding hydrogens is 381 g/mol. The van der Waals surface area contributed by atoms with Crippen molar-refractivity contribution in [2.45, 2.75) is 13.1 Å². The second-order valence-electron chi connectivity index (χ2n) is 6.04. The summed E-state index contributed by atoms with van der Waals surface area (Å²) in [7, 11) is 0. The lowest BCUT2D eigenvalue weighted by molar-refractivity contribution is 0.121. The zero-order valence-electron chi connectivity index (χ0n) is 13.1. The van der Waals surface area contributed by atoms with Crippen LogP contribution in [0.5, 0.6) is 0 Å². The zero-order chi connectivity index (χ0) is 17.1. The molecule has 0 aromatic heterocycles. The largest absolute Gasteiger partial charge is 0.297 e. The molecule has 0 spiro atoms. The van der Waals surface area contributed by atoms with Gasteiger partial charge in [-0.25, -0.2) is 13.2 Å². The van der Waals surface area contributed by atoms with Crippen molar-refractivity contribution in [2.75, 3.05) is 26.2 Å². The van der Waals surface area contributed by atoms with Crippen molar-refractivity contribution in [3.05, 3.63) is 69.4 Å². The van der Waals surface area contributed by atoms with Crippen molar-refractivity contribution in [1.29, 1.82) is 0 Å². The van der Waals surface area contributed by atoms with Crippen LogP contribution in [0, 0.1) is 17.5 Å². The molecule has 0 aliphatic carbocycles. The van der Waals surface area contributed by atoms with Crippen LogP contribution in [0.1, 0.15) is 11.1 Å². The smallest absolute Gasteiger partial charge is 0.141 e. The van der Waals surface area contributed by atoms with Crippen molar-refractivity contribution in [3.8, 4) is 0 Å². The minimum atomic E-state index is -0.547. The lowest BCUT2D eigenvalue weighted by atomic mass is 10.1. The van der Waals surface area contributed by atoms with Crippen molar-refractivity contribution < 1.29 is 13.2 Å². The maximum absolute atomic E-state index is 14.0. The van der Waals surface area contributed by atoms with Gasteiger partial charge in [0.1, 0.15) is 17.5 Å². The molecule has 1 fully saturated rings. The Morgan fingerprint density at radius 3 is 2.04 bits per heavy atom. The van der Waals surface area contributed by atoms with Gasteiger partial charge in [-0.3, -0.25) is 9.80 Å². The van der Waals surface area contributed by atoms with E-state index in [1.165, 1.54) is 12.1 Å². The second-order valence-corrected chi connectivity index (χ2v) is 6.90. The van der Waals surface area contributed by atoms with E-state index in [1.54, 1.807) is 12.1 Å². The van der Waals surface area contributed by atoms with Crippen LogP contribution in [0.25, 0.3) is 0 Å². The molecule has 0 radical (unpaired) electrons. The summed E-state index contributed by atoms with van der Waals surface area (Å²) in [5.41, 5.74) is 1.31. The van der Waals surface area contributed by atoms with Crippen molar-refractivity contribution in [3.63, 3.8) is 0 Å². The van der Waals surface area contributed by atoms with E-state index in [4.69, 9.17) is 0 Å². The normalized spacial score (nSPS) is 16.5. The molecule has 0 N–H and O–H groups in total. The fraction of sp³-hybridized carbons (Fsp3) is 0.333. The molecule has 0 bridgehead atoms. The highest BCUT2D eigenvalue weighted by molar-refractivity contribution is 9.10. The standard InChI is InChI=1S/C18H18BrF3N2/c19-17-3-1-2-14(18(17)22)12-24-6-4-23(5-7-24)11-13-8-15(20)10-16(21)9-13/h1-3,8-10H,4-7,11-12H2. The summed E-state index contributed by atoms with van der Waals surface area (Å²) >= 11 is 3.21. The van der Waals surface area contributed by atoms with E-state index < -0.39 is 11.6 Å². The van der Waals surface area contributed by atoms with Crippen LogP contribution >= 0.6 is 15.9 Å². The molecule has 6 heteroatoms. The van der Waals surface area contributed by atoms with Crippen LogP contribution in [-0.2, 0) is 13.1 Å². The molecule has 1 saturated heterocycles. The summed E-state index contributed by atoms with van der Waals surface area (Å²) in [6.45, 7) is 4.25. The second kappa shape index (κ2) is 7.68. The third kappa shape index (κ3) is 4.37. The van der Waals surface area contributed by atoms with Gasteiger partial charge in [-0.15, -0.1) is 0 Å². The van der Waals surface area contributed by atoms with Crippen LogP contribution in [0.2, 0.25) is 0 Å². The van der Waals surface area contributed by atoms with Crippen molar-refractivity contribution in [2.24, 2.45) is 0 Å². The van der Waals surface area contributed by atoms with Gasteiger partial charge in [0.2, 0.25) is 0 Å². The fourth-order valence-electron chi connectivity index (χ4n) is 2.98. The van der Waals surface area contributed by atoms with Crippen LogP contribution in [0.15, 0.2) is 40.9 Å². The highest BCUT2D eigenvalue weighted by Gasteiger charge is 2.19. The summed E-state index contributed by atoms with van der Waals surface area (Å²) < 4.78 is 41.0. The van der Waals surface area contributed by atoms with Crippen molar-refractivity contribution >= 4 is 15.9 Å². The minimum Gasteiger partial charge on any atom is -0.297 e. The summed E-state index contributed by atoms with van der Waals surface area (Å²) in [6.07, 6.45) is 0. The summed E-state index contributed by atoms with van der Waals surface area (Å²) in [4.78, 5) is 4.34. The van der Waals surface area contributed by atoms with Crippen LogP contribution < -0.4 is 0 Å². The molecule has 24 heavy (non-hydrogen) atoms. The maximum atomic E-state index is 14.0. The van der Waals surface area contributed by atoms with E-state index in [0.717, 1.165) is 32.2 Å². The maximum Gasteiger partial charge on any atom is 0.141 e. The van der Waals surface area contributed by atoms with E-state index >= 15 is 0 Å². The van der Waals surface area contributed by atoms with Gasteiger partial charge in [0.15, 0.2) is 0 Å². The Morgan fingerprint density at radius 2 is 1.42 bits per heavy atom. The Morgan fingerprint density at radius 1 is 0.833 bits per heavy atom. The highest BCUT2D eigenvalue weighted by atomic mass is 79.9. The average Bonchev–Trinajstić information content (AvgIpc) is 2.53. The number of hydrogen-bond acceptors (Lipinski definition) is 2. The van der Waals surface area contributed by atoms with Gasteiger partial charge in [0.25, 0.3) is 0 Å². The zero-order valence-corrected chi connectivity index (χ0v) is 14.7. The van der Waals surface area contributed by atoms with Crippen LogP contribution in [0.4, 0.5) is 13.2 Å². The predicted octanol–water partition coefficient (Wildman–Crippen LogP) is 4.18. The molecule has 0 saturated carbocycles. The number of halogens is 4. The number of nitrogens with zero attached hydrogens (tertiary/aromatic N) is 2. The van der Waals surface area contributed by atoms with Crippen LogP contribution in [0.3, 0.4) is 0 Å². The first-order valence-electron chi connectivity index (χ1n) is 7.84. The quantitative estimate of drug-likeness (QED) is 0.761. The fourth-order valence-corrected chi connectivity index (χ4v) is 3.38. The van der Waals surface area contributed by atoms with E-state index in [1.807, 2.05) is 6.07 Å².